The molecule has 0 bridgehead atoms. The molecule has 2 amide bonds. The van der Waals surface area contributed by atoms with Gasteiger partial charge in [-0.3, -0.25) is 9.59 Å². The second-order valence-electron chi connectivity index (χ2n) is 6.98. The van der Waals surface area contributed by atoms with Crippen molar-refractivity contribution in [3.8, 4) is 5.75 Å². The van der Waals surface area contributed by atoms with E-state index in [1.807, 2.05) is 54.6 Å². The van der Waals surface area contributed by atoms with Gasteiger partial charge >= 0.3 is 0 Å². The molecule has 0 saturated heterocycles. The van der Waals surface area contributed by atoms with Gasteiger partial charge in [0.1, 0.15) is 18.1 Å². The first kappa shape index (κ1) is 21.9. The zero-order valence-electron chi connectivity index (χ0n) is 17.4. The number of hydrogen-bond donors (Lipinski definition) is 0. The molecule has 0 radical (unpaired) electrons. The van der Waals surface area contributed by atoms with Crippen molar-refractivity contribution in [2.24, 2.45) is 0 Å². The number of carbonyl (C=O) groups excluding carboxylic acids is 2. The molecule has 6 heteroatoms. The molecule has 0 aliphatic rings. The van der Waals surface area contributed by atoms with Gasteiger partial charge in [-0.05, 0) is 29.8 Å². The van der Waals surface area contributed by atoms with Gasteiger partial charge in [-0.25, -0.2) is 0 Å². The zero-order chi connectivity index (χ0) is 21.9. The van der Waals surface area contributed by atoms with E-state index in [2.05, 4.69) is 6.58 Å². The topological polar surface area (TPSA) is 63.0 Å². The van der Waals surface area contributed by atoms with E-state index in [1.54, 1.807) is 35.4 Å². The molecule has 31 heavy (non-hydrogen) atoms. The summed E-state index contributed by atoms with van der Waals surface area (Å²) >= 11 is 0. The Hall–Kier alpha value is -3.80. The average molecular weight is 418 g/mol. The molecule has 0 aliphatic carbocycles. The minimum absolute atomic E-state index is 0.0729. The molecule has 3 aromatic rings. The molecule has 0 fully saturated rings. The zero-order valence-corrected chi connectivity index (χ0v) is 17.4. The molecule has 1 heterocycles. The van der Waals surface area contributed by atoms with Crippen molar-refractivity contribution in [2.45, 2.75) is 13.1 Å². The fourth-order valence-electron chi connectivity index (χ4n) is 3.05. The fraction of sp³-hybridized carbons (Fsp3) is 0.200. The third kappa shape index (κ3) is 6.89. The van der Waals surface area contributed by atoms with Crippen LogP contribution in [0.1, 0.15) is 11.3 Å². The minimum Gasteiger partial charge on any atom is -0.484 e. The van der Waals surface area contributed by atoms with Gasteiger partial charge in [0, 0.05) is 13.1 Å². The van der Waals surface area contributed by atoms with Crippen LogP contribution >= 0.6 is 0 Å². The predicted molar refractivity (Wildman–Crippen MR) is 118 cm³/mol. The van der Waals surface area contributed by atoms with Crippen LogP contribution in [-0.4, -0.2) is 41.3 Å². The molecular formula is C25H26N2O4. The van der Waals surface area contributed by atoms with Gasteiger partial charge in [0.05, 0.1) is 12.8 Å². The van der Waals surface area contributed by atoms with Crippen molar-refractivity contribution in [3.05, 3.63) is 103 Å². The molecule has 0 spiro atoms. The van der Waals surface area contributed by atoms with Crippen LogP contribution in [0.4, 0.5) is 0 Å². The van der Waals surface area contributed by atoms with E-state index in [-0.39, 0.29) is 31.5 Å². The summed E-state index contributed by atoms with van der Waals surface area (Å²) in [7, 11) is 0. The van der Waals surface area contributed by atoms with Crippen LogP contribution in [-0.2, 0) is 22.7 Å². The number of para-hydroxylation sites is 1. The number of amides is 2. The lowest BCUT2D eigenvalue weighted by Gasteiger charge is -2.27. The maximum atomic E-state index is 13.2. The van der Waals surface area contributed by atoms with Crippen molar-refractivity contribution in [3.63, 3.8) is 0 Å². The fourth-order valence-corrected chi connectivity index (χ4v) is 3.05. The summed E-state index contributed by atoms with van der Waals surface area (Å²) < 4.78 is 11.0. The third-order valence-electron chi connectivity index (χ3n) is 4.63. The maximum Gasteiger partial charge on any atom is 0.261 e. The summed E-state index contributed by atoms with van der Waals surface area (Å²) in [6.07, 6.45) is 3.18. The van der Waals surface area contributed by atoms with Crippen LogP contribution in [0.15, 0.2) is 96.1 Å². The highest BCUT2D eigenvalue weighted by molar-refractivity contribution is 5.85. The van der Waals surface area contributed by atoms with Gasteiger partial charge in [0.2, 0.25) is 5.91 Å². The maximum absolute atomic E-state index is 13.2. The number of rotatable bonds is 11. The van der Waals surface area contributed by atoms with Gasteiger partial charge in [0.25, 0.3) is 5.91 Å². The normalized spacial score (nSPS) is 10.3. The van der Waals surface area contributed by atoms with Crippen molar-refractivity contribution in [1.82, 2.24) is 9.80 Å². The monoisotopic (exact) mass is 418 g/mol. The number of carbonyl (C=O) groups is 2. The molecule has 3 rings (SSSR count). The van der Waals surface area contributed by atoms with E-state index in [4.69, 9.17) is 9.15 Å². The summed E-state index contributed by atoms with van der Waals surface area (Å²) in [5.41, 5.74) is 0.997. The predicted octanol–water partition coefficient (Wildman–Crippen LogP) is 3.90. The van der Waals surface area contributed by atoms with Gasteiger partial charge < -0.3 is 19.0 Å². The molecule has 6 nitrogen and oxygen atoms in total. The summed E-state index contributed by atoms with van der Waals surface area (Å²) in [4.78, 5) is 29.0. The van der Waals surface area contributed by atoms with Crippen LogP contribution in [0.3, 0.4) is 0 Å². The number of ether oxygens (including phenoxy) is 1. The minimum atomic E-state index is -0.283. The van der Waals surface area contributed by atoms with Crippen LogP contribution < -0.4 is 4.74 Å². The summed E-state index contributed by atoms with van der Waals surface area (Å²) in [6, 6.07) is 22.4. The number of furan rings is 1. The van der Waals surface area contributed by atoms with Crippen molar-refractivity contribution in [1.29, 1.82) is 0 Å². The first-order chi connectivity index (χ1) is 15.2. The van der Waals surface area contributed by atoms with Crippen LogP contribution in [0, 0.1) is 0 Å². The van der Waals surface area contributed by atoms with Gasteiger partial charge in [-0.2, -0.15) is 0 Å². The van der Waals surface area contributed by atoms with E-state index >= 15 is 0 Å². The van der Waals surface area contributed by atoms with Gasteiger partial charge in [-0.15, -0.1) is 6.58 Å². The Morgan fingerprint density at radius 3 is 2.23 bits per heavy atom. The smallest absolute Gasteiger partial charge is 0.261 e. The Morgan fingerprint density at radius 1 is 0.871 bits per heavy atom. The molecule has 0 saturated carbocycles. The summed E-state index contributed by atoms with van der Waals surface area (Å²) in [5.74, 6) is 0.812. The first-order valence-corrected chi connectivity index (χ1v) is 10.1. The molecule has 1 aromatic heterocycles. The first-order valence-electron chi connectivity index (χ1n) is 10.1. The highest BCUT2D eigenvalue weighted by Gasteiger charge is 2.22. The highest BCUT2D eigenvalue weighted by atomic mass is 16.5. The highest BCUT2D eigenvalue weighted by Crippen LogP contribution is 2.12. The quantitative estimate of drug-likeness (QED) is 0.443. The Kier molecular flexibility index (Phi) is 8.05. The standard InChI is InChI=1S/C25H26N2O4/c1-2-15-26(25(29)20-31-22-12-7-4-8-13-22)19-24(28)27(18-23-14-9-16-30-23)17-21-10-5-3-6-11-21/h2-14,16H,1,15,17-20H2. The average Bonchev–Trinajstić information content (AvgIpc) is 3.31. The van der Waals surface area contributed by atoms with E-state index < -0.39 is 0 Å². The molecule has 0 N–H and O–H groups in total. The molecule has 0 unspecified atom stereocenters. The molecule has 0 atom stereocenters. The number of benzene rings is 2. The second-order valence-corrected chi connectivity index (χ2v) is 6.98. The van der Waals surface area contributed by atoms with E-state index in [1.165, 1.54) is 4.90 Å². The molecule has 0 aliphatic heterocycles. The number of hydrogen-bond acceptors (Lipinski definition) is 4. The lowest BCUT2D eigenvalue weighted by molar-refractivity contribution is -0.142. The third-order valence-corrected chi connectivity index (χ3v) is 4.63. The van der Waals surface area contributed by atoms with Crippen molar-refractivity contribution in [2.75, 3.05) is 19.7 Å². The lowest BCUT2D eigenvalue weighted by Crippen LogP contribution is -2.44. The Balaban J connectivity index is 1.67. The van der Waals surface area contributed by atoms with Crippen molar-refractivity contribution >= 4 is 11.8 Å². The van der Waals surface area contributed by atoms with Crippen LogP contribution in [0.5, 0.6) is 5.75 Å². The van der Waals surface area contributed by atoms with Crippen LogP contribution in [0.25, 0.3) is 0 Å². The largest absolute Gasteiger partial charge is 0.484 e. The number of nitrogens with zero attached hydrogens (tertiary/aromatic N) is 2. The Labute approximate surface area is 182 Å². The molecular weight excluding hydrogens is 392 g/mol. The van der Waals surface area contributed by atoms with E-state index in [9.17, 15) is 9.59 Å². The molecule has 160 valence electrons. The van der Waals surface area contributed by atoms with Gasteiger partial charge in [-0.1, -0.05) is 54.6 Å². The van der Waals surface area contributed by atoms with Crippen LogP contribution in [0.2, 0.25) is 0 Å². The molecule has 2 aromatic carbocycles. The van der Waals surface area contributed by atoms with Gasteiger partial charge in [0.15, 0.2) is 6.61 Å². The van der Waals surface area contributed by atoms with E-state index in [0.29, 0.717) is 24.6 Å². The van der Waals surface area contributed by atoms with E-state index in [0.717, 1.165) is 5.56 Å². The SMILES string of the molecule is C=CCN(CC(=O)N(Cc1ccccc1)Cc1ccco1)C(=O)COc1ccccc1. The Bertz CT molecular complexity index is 956. The lowest BCUT2D eigenvalue weighted by atomic mass is 10.2. The summed E-state index contributed by atoms with van der Waals surface area (Å²) in [5, 5.41) is 0. The summed E-state index contributed by atoms with van der Waals surface area (Å²) in [6.45, 7) is 4.47. The Morgan fingerprint density at radius 2 is 1.58 bits per heavy atom. The van der Waals surface area contributed by atoms with Crippen molar-refractivity contribution < 1.29 is 18.7 Å². The second kappa shape index (κ2) is 11.4.